The molecule has 0 amide bonds. The summed E-state index contributed by atoms with van der Waals surface area (Å²) in [5, 5.41) is 8.42. The van der Waals surface area contributed by atoms with Crippen molar-refractivity contribution in [3.05, 3.63) is 95.0 Å². The van der Waals surface area contributed by atoms with Crippen molar-refractivity contribution in [1.82, 2.24) is 15.5 Å². The number of nitrogens with zero attached hydrogens (tertiary/aromatic N) is 3. The molecule has 1 N–H and O–H groups in total. The van der Waals surface area contributed by atoms with Crippen molar-refractivity contribution in [2.24, 2.45) is 0 Å². The third-order valence-electron chi connectivity index (χ3n) is 6.65. The molecule has 0 bridgehead atoms. The van der Waals surface area contributed by atoms with E-state index < -0.39 is 0 Å². The van der Waals surface area contributed by atoms with Crippen LogP contribution in [0.1, 0.15) is 35.5 Å². The summed E-state index contributed by atoms with van der Waals surface area (Å²) in [4.78, 5) is 6.83. The van der Waals surface area contributed by atoms with Crippen LogP contribution < -0.4 is 19.7 Å². The highest BCUT2D eigenvalue weighted by Gasteiger charge is 2.35. The smallest absolute Gasteiger partial charge is 0.258 e. The van der Waals surface area contributed by atoms with Crippen LogP contribution in [0.3, 0.4) is 0 Å². The Kier molecular flexibility index (Phi) is 5.45. The fourth-order valence-electron chi connectivity index (χ4n) is 4.58. The summed E-state index contributed by atoms with van der Waals surface area (Å²) in [5.41, 5.74) is 7.03. The second kappa shape index (κ2) is 8.80. The van der Waals surface area contributed by atoms with Crippen LogP contribution in [0, 0.1) is 13.8 Å². The number of benzene rings is 3. The lowest BCUT2D eigenvalue weighted by molar-refractivity contribution is 0.174. The second-order valence-electron chi connectivity index (χ2n) is 8.89. The zero-order valence-electron chi connectivity index (χ0n) is 20.1. The Morgan fingerprint density at radius 3 is 2.53 bits per heavy atom. The minimum absolute atomic E-state index is 0.209. The van der Waals surface area contributed by atoms with Crippen molar-refractivity contribution in [1.29, 1.82) is 0 Å². The normalized spacial score (nSPS) is 16.9. The topological polar surface area (TPSA) is 72.6 Å². The molecule has 7 nitrogen and oxygen atoms in total. The molecule has 0 fully saturated rings. The second-order valence-corrected chi connectivity index (χ2v) is 9.27. The summed E-state index contributed by atoms with van der Waals surface area (Å²) in [6.45, 7) is 6.45. The minimum atomic E-state index is -0.244. The number of thiocarbonyl (C=S) groups is 1. The molecule has 1 atom stereocenters. The summed E-state index contributed by atoms with van der Waals surface area (Å²) in [7, 11) is 0. The first kappa shape index (κ1) is 22.3. The van der Waals surface area contributed by atoms with Gasteiger partial charge in [0, 0.05) is 16.9 Å². The third kappa shape index (κ3) is 3.79. The Hall–Kier alpha value is -4.17. The van der Waals surface area contributed by atoms with E-state index in [2.05, 4.69) is 54.7 Å². The van der Waals surface area contributed by atoms with Crippen molar-refractivity contribution < 1.29 is 14.0 Å². The molecule has 2 aliphatic rings. The summed E-state index contributed by atoms with van der Waals surface area (Å²) in [6, 6.07) is 21.8. The lowest BCUT2D eigenvalue weighted by atomic mass is 9.94. The van der Waals surface area contributed by atoms with Gasteiger partial charge in [-0.3, -0.25) is 4.90 Å². The van der Waals surface area contributed by atoms with E-state index in [0.717, 1.165) is 28.1 Å². The van der Waals surface area contributed by atoms with E-state index in [-0.39, 0.29) is 12.8 Å². The quantitative estimate of drug-likeness (QED) is 0.348. The van der Waals surface area contributed by atoms with Gasteiger partial charge in [-0.05, 0) is 80.0 Å². The van der Waals surface area contributed by atoms with Crippen molar-refractivity contribution in [3.8, 4) is 22.9 Å². The molecule has 0 saturated heterocycles. The lowest BCUT2D eigenvalue weighted by Crippen LogP contribution is -2.46. The molecule has 36 heavy (non-hydrogen) atoms. The number of hydrogen-bond acceptors (Lipinski definition) is 6. The van der Waals surface area contributed by atoms with E-state index in [1.54, 1.807) is 0 Å². The van der Waals surface area contributed by atoms with Gasteiger partial charge < -0.3 is 19.3 Å². The van der Waals surface area contributed by atoms with Gasteiger partial charge in [-0.1, -0.05) is 41.6 Å². The van der Waals surface area contributed by atoms with E-state index in [9.17, 15) is 0 Å². The molecule has 2 aliphatic heterocycles. The van der Waals surface area contributed by atoms with Crippen LogP contribution in [0.2, 0.25) is 0 Å². The molecule has 4 aromatic rings. The Balaban J connectivity index is 1.47. The minimum Gasteiger partial charge on any atom is -0.454 e. The highest BCUT2D eigenvalue weighted by Crippen LogP contribution is 2.40. The van der Waals surface area contributed by atoms with Crippen LogP contribution in [-0.2, 0) is 0 Å². The number of aryl methyl sites for hydroxylation is 2. The first-order valence-corrected chi connectivity index (χ1v) is 12.1. The molecule has 3 aromatic carbocycles. The molecule has 1 unspecified atom stereocenters. The van der Waals surface area contributed by atoms with Gasteiger partial charge in [0.15, 0.2) is 16.6 Å². The number of nitrogens with one attached hydrogen (secondary N) is 1. The average Bonchev–Trinajstić information content (AvgIpc) is 3.56. The van der Waals surface area contributed by atoms with Crippen molar-refractivity contribution >= 4 is 28.6 Å². The van der Waals surface area contributed by atoms with Crippen LogP contribution in [-0.4, -0.2) is 22.0 Å². The Bertz CT molecular complexity index is 1510. The Labute approximate surface area is 214 Å². The summed E-state index contributed by atoms with van der Waals surface area (Å²) in [5.74, 6) is 2.28. The zero-order chi connectivity index (χ0) is 24.8. The molecule has 0 saturated carbocycles. The Morgan fingerprint density at radius 1 is 0.917 bits per heavy atom. The number of hydrogen-bond donors (Lipinski definition) is 1. The molecule has 3 heterocycles. The van der Waals surface area contributed by atoms with Gasteiger partial charge >= 0.3 is 0 Å². The van der Waals surface area contributed by atoms with Crippen LogP contribution in [0.5, 0.6) is 11.5 Å². The summed E-state index contributed by atoms with van der Waals surface area (Å²) < 4.78 is 16.8. The molecular weight excluding hydrogens is 472 g/mol. The molecule has 0 radical (unpaired) electrons. The van der Waals surface area contributed by atoms with Gasteiger partial charge in [0.2, 0.25) is 12.6 Å². The van der Waals surface area contributed by atoms with E-state index >= 15 is 0 Å². The van der Waals surface area contributed by atoms with E-state index in [4.69, 9.17) is 31.2 Å². The van der Waals surface area contributed by atoms with Gasteiger partial charge in [-0.15, -0.1) is 0 Å². The van der Waals surface area contributed by atoms with E-state index in [1.165, 1.54) is 11.1 Å². The maximum Gasteiger partial charge on any atom is 0.258 e. The maximum atomic E-state index is 5.86. The van der Waals surface area contributed by atoms with Crippen LogP contribution in [0.15, 0.2) is 77.0 Å². The molecule has 8 heteroatoms. The SMILES string of the molecule is CC1=C(c2nc(-c3ccc4c(c3)OCO4)no2)C(c2ccccc2)NC(=S)N1c1ccc(C)c(C)c1. The summed E-state index contributed by atoms with van der Waals surface area (Å²) in [6.07, 6.45) is 0. The predicted octanol–water partition coefficient (Wildman–Crippen LogP) is 5.95. The fourth-order valence-corrected chi connectivity index (χ4v) is 4.94. The highest BCUT2D eigenvalue weighted by molar-refractivity contribution is 7.80. The van der Waals surface area contributed by atoms with Gasteiger partial charge in [0.25, 0.3) is 5.89 Å². The van der Waals surface area contributed by atoms with Gasteiger partial charge in [-0.2, -0.15) is 4.98 Å². The average molecular weight is 497 g/mol. The number of aromatic nitrogens is 2. The standard InChI is InChI=1S/C28H24N4O3S/c1-16-9-11-21(13-17(16)2)32-18(3)24(25(29-28(32)36)19-7-5-4-6-8-19)27-30-26(31-35-27)20-10-12-22-23(14-20)34-15-33-22/h4-14,25H,15H2,1-3H3,(H,29,36). The molecule has 0 spiro atoms. The first-order chi connectivity index (χ1) is 17.5. The number of allylic oxidation sites excluding steroid dienone is 1. The Morgan fingerprint density at radius 2 is 1.72 bits per heavy atom. The zero-order valence-corrected chi connectivity index (χ0v) is 20.9. The number of rotatable bonds is 4. The lowest BCUT2D eigenvalue weighted by Gasteiger charge is -2.37. The third-order valence-corrected chi connectivity index (χ3v) is 6.95. The van der Waals surface area contributed by atoms with Crippen LogP contribution in [0.25, 0.3) is 17.0 Å². The highest BCUT2D eigenvalue weighted by atomic mass is 32.1. The summed E-state index contributed by atoms with van der Waals surface area (Å²) >= 11 is 5.86. The van der Waals surface area contributed by atoms with Crippen LogP contribution >= 0.6 is 12.2 Å². The van der Waals surface area contributed by atoms with Crippen molar-refractivity contribution in [2.45, 2.75) is 26.8 Å². The molecule has 6 rings (SSSR count). The number of fused-ring (bicyclic) bond motifs is 1. The fraction of sp³-hybridized carbons (Fsp3) is 0.179. The molecule has 180 valence electrons. The van der Waals surface area contributed by atoms with E-state index in [1.807, 2.05) is 48.2 Å². The predicted molar refractivity (Wildman–Crippen MR) is 142 cm³/mol. The molecule has 1 aromatic heterocycles. The number of anilines is 1. The van der Waals surface area contributed by atoms with Crippen LogP contribution in [0.4, 0.5) is 5.69 Å². The molecule has 0 aliphatic carbocycles. The monoisotopic (exact) mass is 496 g/mol. The van der Waals surface area contributed by atoms with E-state index in [0.29, 0.717) is 28.3 Å². The van der Waals surface area contributed by atoms with Gasteiger partial charge in [0.05, 0.1) is 11.6 Å². The maximum absolute atomic E-state index is 5.86. The van der Waals surface area contributed by atoms with Crippen molar-refractivity contribution in [2.75, 3.05) is 11.7 Å². The van der Waals surface area contributed by atoms with Gasteiger partial charge in [0.1, 0.15) is 0 Å². The number of ether oxygens (including phenoxy) is 2. The molecular formula is C28H24N4O3S. The van der Waals surface area contributed by atoms with Gasteiger partial charge in [-0.25, -0.2) is 0 Å². The van der Waals surface area contributed by atoms with Crippen molar-refractivity contribution in [3.63, 3.8) is 0 Å². The first-order valence-electron chi connectivity index (χ1n) is 11.7. The largest absolute Gasteiger partial charge is 0.454 e.